The molecule has 0 aliphatic rings. The van der Waals surface area contributed by atoms with Crippen molar-refractivity contribution >= 4 is 0 Å². The highest BCUT2D eigenvalue weighted by Gasteiger charge is 2.24. The Hall–Kier alpha value is -1.00. The number of benzene rings is 1. The van der Waals surface area contributed by atoms with Crippen molar-refractivity contribution in [3.63, 3.8) is 0 Å². The third kappa shape index (κ3) is 3.05. The molecule has 0 aliphatic carbocycles. The zero-order chi connectivity index (χ0) is 10.6. The van der Waals surface area contributed by atoms with Gasteiger partial charge in [0.1, 0.15) is 6.10 Å². The minimum absolute atomic E-state index is 0.256. The van der Waals surface area contributed by atoms with Gasteiger partial charge in [0.15, 0.2) is 0 Å². The van der Waals surface area contributed by atoms with Crippen molar-refractivity contribution in [3.8, 4) is 0 Å². The summed E-state index contributed by atoms with van der Waals surface area (Å²) in [7, 11) is 0. The monoisotopic (exact) mass is 201 g/mol. The lowest BCUT2D eigenvalue weighted by Gasteiger charge is -2.17. The summed E-state index contributed by atoms with van der Waals surface area (Å²) in [6.45, 7) is 0. The lowest BCUT2D eigenvalue weighted by Crippen LogP contribution is -2.41. The van der Waals surface area contributed by atoms with Crippen LogP contribution in [0.2, 0.25) is 0 Å². The van der Waals surface area contributed by atoms with E-state index in [0.29, 0.717) is 0 Å². The second-order valence-electron chi connectivity index (χ2n) is 3.18. The van der Waals surface area contributed by atoms with Crippen molar-refractivity contribution in [3.05, 3.63) is 35.9 Å². The first kappa shape index (κ1) is 11.1. The topological polar surface area (TPSA) is 46.2 Å². The maximum atomic E-state index is 12.1. The van der Waals surface area contributed by atoms with Gasteiger partial charge in [0, 0.05) is 6.04 Å². The second-order valence-corrected chi connectivity index (χ2v) is 3.18. The third-order valence-corrected chi connectivity index (χ3v) is 2.01. The van der Waals surface area contributed by atoms with Gasteiger partial charge >= 0.3 is 0 Å². The van der Waals surface area contributed by atoms with Crippen molar-refractivity contribution in [1.29, 1.82) is 0 Å². The minimum Gasteiger partial charge on any atom is -0.386 e. The first-order valence-corrected chi connectivity index (χ1v) is 4.37. The summed E-state index contributed by atoms with van der Waals surface area (Å²) in [5.74, 6) is 0. The molecule has 0 fully saturated rings. The molecule has 0 amide bonds. The summed E-state index contributed by atoms with van der Waals surface area (Å²) in [5.41, 5.74) is 6.27. The first-order chi connectivity index (χ1) is 6.61. The van der Waals surface area contributed by atoms with Gasteiger partial charge in [-0.3, -0.25) is 0 Å². The van der Waals surface area contributed by atoms with Gasteiger partial charge in [-0.05, 0) is 12.0 Å². The quantitative estimate of drug-likeness (QED) is 0.768. The molecule has 4 heteroatoms. The number of nitrogens with two attached hydrogens (primary N) is 1. The van der Waals surface area contributed by atoms with E-state index in [2.05, 4.69) is 0 Å². The summed E-state index contributed by atoms with van der Waals surface area (Å²) in [4.78, 5) is 0. The fourth-order valence-electron chi connectivity index (χ4n) is 1.19. The summed E-state index contributed by atoms with van der Waals surface area (Å²) in [6, 6.07) is 8.10. The Morgan fingerprint density at radius 1 is 1.21 bits per heavy atom. The number of aliphatic hydroxyl groups is 1. The van der Waals surface area contributed by atoms with Crippen LogP contribution in [0.1, 0.15) is 5.56 Å². The van der Waals surface area contributed by atoms with Crippen LogP contribution in [0.5, 0.6) is 0 Å². The Morgan fingerprint density at radius 2 is 1.79 bits per heavy atom. The molecule has 0 bridgehead atoms. The number of halogens is 2. The molecule has 0 aliphatic heterocycles. The molecule has 1 aromatic rings. The average molecular weight is 201 g/mol. The van der Waals surface area contributed by atoms with Crippen molar-refractivity contribution in [2.45, 2.75) is 25.0 Å². The zero-order valence-corrected chi connectivity index (χ0v) is 7.61. The molecule has 2 nitrogen and oxygen atoms in total. The number of hydrogen-bond acceptors (Lipinski definition) is 2. The highest BCUT2D eigenvalue weighted by molar-refractivity contribution is 5.16. The van der Waals surface area contributed by atoms with Gasteiger partial charge in [-0.15, -0.1) is 0 Å². The Labute approximate surface area is 81.4 Å². The first-order valence-electron chi connectivity index (χ1n) is 4.37. The standard InChI is InChI=1S/C10H13F2NO/c11-10(12)9(14)8(13)6-7-4-2-1-3-5-7/h1-5,8-10,14H,6,13H2/t8-,9-/m0/s1. The van der Waals surface area contributed by atoms with Crippen LogP contribution in [0.25, 0.3) is 0 Å². The molecule has 0 saturated carbocycles. The predicted molar refractivity (Wildman–Crippen MR) is 50.1 cm³/mol. The molecule has 0 aromatic heterocycles. The van der Waals surface area contributed by atoms with E-state index in [4.69, 9.17) is 10.8 Å². The summed E-state index contributed by atoms with van der Waals surface area (Å²) >= 11 is 0. The Kier molecular flexibility index (Phi) is 3.98. The van der Waals surface area contributed by atoms with Gasteiger partial charge in [0.25, 0.3) is 6.43 Å². The van der Waals surface area contributed by atoms with Crippen molar-refractivity contribution in [2.24, 2.45) is 5.73 Å². The van der Waals surface area contributed by atoms with E-state index in [1.54, 1.807) is 24.3 Å². The van der Waals surface area contributed by atoms with Crippen molar-refractivity contribution < 1.29 is 13.9 Å². The Morgan fingerprint density at radius 3 is 2.29 bits per heavy atom. The number of alkyl halides is 2. The zero-order valence-electron chi connectivity index (χ0n) is 7.61. The molecule has 3 N–H and O–H groups in total. The molecule has 0 unspecified atom stereocenters. The molecule has 0 radical (unpaired) electrons. The van der Waals surface area contributed by atoms with Crippen LogP contribution >= 0.6 is 0 Å². The Bertz CT molecular complexity index is 266. The summed E-state index contributed by atoms with van der Waals surface area (Å²) in [5, 5.41) is 8.98. The van der Waals surface area contributed by atoms with Crippen LogP contribution in [0.4, 0.5) is 8.78 Å². The van der Waals surface area contributed by atoms with Gasteiger partial charge in [-0.1, -0.05) is 30.3 Å². The molecular formula is C10H13F2NO. The van der Waals surface area contributed by atoms with E-state index < -0.39 is 18.6 Å². The van der Waals surface area contributed by atoms with Gasteiger partial charge in [0.2, 0.25) is 0 Å². The largest absolute Gasteiger partial charge is 0.386 e. The highest BCUT2D eigenvalue weighted by atomic mass is 19.3. The molecule has 14 heavy (non-hydrogen) atoms. The van der Waals surface area contributed by atoms with Gasteiger partial charge in [0.05, 0.1) is 0 Å². The lowest BCUT2D eigenvalue weighted by atomic mass is 10.0. The Balaban J connectivity index is 2.53. The SMILES string of the molecule is N[C@@H](Cc1ccccc1)[C@H](O)C(F)F. The third-order valence-electron chi connectivity index (χ3n) is 2.01. The minimum atomic E-state index is -2.78. The van der Waals surface area contributed by atoms with Crippen LogP contribution in [0, 0.1) is 0 Å². The summed E-state index contributed by atoms with van der Waals surface area (Å²) in [6.07, 6.45) is -4.28. The molecule has 78 valence electrons. The number of hydrogen-bond donors (Lipinski definition) is 2. The van der Waals surface area contributed by atoms with E-state index >= 15 is 0 Å². The van der Waals surface area contributed by atoms with Crippen LogP contribution in [-0.4, -0.2) is 23.7 Å². The average Bonchev–Trinajstić information content (AvgIpc) is 2.18. The number of rotatable bonds is 4. The molecule has 1 aromatic carbocycles. The molecule has 1 rings (SSSR count). The summed E-state index contributed by atoms with van der Waals surface area (Å²) < 4.78 is 24.1. The van der Waals surface area contributed by atoms with E-state index in [1.165, 1.54) is 0 Å². The maximum absolute atomic E-state index is 12.1. The normalized spacial score (nSPS) is 15.5. The smallest absolute Gasteiger partial charge is 0.265 e. The predicted octanol–water partition coefficient (Wildman–Crippen LogP) is 1.18. The van der Waals surface area contributed by atoms with Crippen LogP contribution < -0.4 is 5.73 Å². The molecule has 0 heterocycles. The van der Waals surface area contributed by atoms with Crippen molar-refractivity contribution in [2.75, 3.05) is 0 Å². The molecule has 2 atom stereocenters. The van der Waals surface area contributed by atoms with E-state index in [1.807, 2.05) is 6.07 Å². The van der Waals surface area contributed by atoms with Crippen LogP contribution in [0.15, 0.2) is 30.3 Å². The second kappa shape index (κ2) is 5.02. The molecular weight excluding hydrogens is 188 g/mol. The van der Waals surface area contributed by atoms with E-state index in [9.17, 15) is 8.78 Å². The van der Waals surface area contributed by atoms with Crippen molar-refractivity contribution in [1.82, 2.24) is 0 Å². The van der Waals surface area contributed by atoms with E-state index in [0.717, 1.165) is 5.56 Å². The fraction of sp³-hybridized carbons (Fsp3) is 0.400. The van der Waals surface area contributed by atoms with Crippen LogP contribution in [-0.2, 0) is 6.42 Å². The van der Waals surface area contributed by atoms with Gasteiger partial charge in [-0.25, -0.2) is 8.78 Å². The number of aliphatic hydroxyl groups excluding tert-OH is 1. The van der Waals surface area contributed by atoms with E-state index in [-0.39, 0.29) is 6.42 Å². The molecule has 0 saturated heterocycles. The lowest BCUT2D eigenvalue weighted by molar-refractivity contribution is -0.0184. The van der Waals surface area contributed by atoms with Gasteiger partial charge < -0.3 is 10.8 Å². The van der Waals surface area contributed by atoms with Crippen LogP contribution in [0.3, 0.4) is 0 Å². The molecule has 0 spiro atoms. The van der Waals surface area contributed by atoms with Gasteiger partial charge in [-0.2, -0.15) is 0 Å². The maximum Gasteiger partial charge on any atom is 0.265 e. The fourth-order valence-corrected chi connectivity index (χ4v) is 1.19. The highest BCUT2D eigenvalue weighted by Crippen LogP contribution is 2.09.